The van der Waals surface area contributed by atoms with Crippen molar-refractivity contribution < 1.29 is 9.84 Å². The molecule has 0 unspecified atom stereocenters. The maximum absolute atomic E-state index is 9.77. The number of aliphatic hydroxyl groups is 1. The summed E-state index contributed by atoms with van der Waals surface area (Å²) in [5, 5.41) is 13.6. The molecule has 0 saturated carbocycles. The van der Waals surface area contributed by atoms with Crippen LogP contribution in [-0.4, -0.2) is 42.4 Å². The van der Waals surface area contributed by atoms with Crippen LogP contribution in [0, 0.1) is 0 Å². The van der Waals surface area contributed by atoms with E-state index in [1.807, 2.05) is 23.9 Å². The van der Waals surface area contributed by atoms with Crippen molar-refractivity contribution in [3.63, 3.8) is 0 Å². The highest BCUT2D eigenvalue weighted by Gasteiger charge is 2.06. The fourth-order valence-electron chi connectivity index (χ4n) is 1.52. The summed E-state index contributed by atoms with van der Waals surface area (Å²) >= 11 is 7.89. The summed E-state index contributed by atoms with van der Waals surface area (Å²) in [4.78, 5) is 0. The van der Waals surface area contributed by atoms with Crippen LogP contribution in [-0.2, 0) is 0 Å². The van der Waals surface area contributed by atoms with Crippen molar-refractivity contribution in [1.82, 2.24) is 5.32 Å². The lowest BCUT2D eigenvalue weighted by molar-refractivity contribution is 0.106. The molecule has 0 aliphatic rings. The van der Waals surface area contributed by atoms with Crippen molar-refractivity contribution in [2.45, 2.75) is 19.4 Å². The van der Waals surface area contributed by atoms with Crippen LogP contribution < -0.4 is 10.1 Å². The van der Waals surface area contributed by atoms with Gasteiger partial charge in [-0.15, -0.1) is 0 Å². The Kier molecular flexibility index (Phi) is 9.08. The molecule has 0 heterocycles. The average Bonchev–Trinajstić information content (AvgIpc) is 2.42. The molecule has 0 radical (unpaired) electrons. The Morgan fingerprint density at radius 3 is 2.95 bits per heavy atom. The van der Waals surface area contributed by atoms with Gasteiger partial charge in [-0.25, -0.2) is 0 Å². The van der Waals surface area contributed by atoms with E-state index in [4.69, 9.17) is 16.3 Å². The molecule has 5 heteroatoms. The molecule has 19 heavy (non-hydrogen) atoms. The molecular weight excluding hydrogens is 282 g/mol. The standard InChI is InChI=1S/C14H22ClNO2S/c1-2-19-9-5-8-16-10-12(17)11-18-14-7-4-3-6-13(14)15/h3-4,6-7,12,16-17H,2,5,8-11H2,1H3/t12-/m1/s1. The van der Waals surface area contributed by atoms with Crippen LogP contribution in [0.2, 0.25) is 5.02 Å². The van der Waals surface area contributed by atoms with Crippen LogP contribution in [0.25, 0.3) is 0 Å². The first-order valence-electron chi connectivity index (χ1n) is 6.58. The fourth-order valence-corrected chi connectivity index (χ4v) is 2.35. The van der Waals surface area contributed by atoms with E-state index in [-0.39, 0.29) is 6.61 Å². The molecule has 1 aromatic carbocycles. The summed E-state index contributed by atoms with van der Waals surface area (Å²) in [6.45, 7) is 3.88. The van der Waals surface area contributed by atoms with Crippen LogP contribution >= 0.6 is 23.4 Å². The van der Waals surface area contributed by atoms with E-state index in [2.05, 4.69) is 12.2 Å². The maximum Gasteiger partial charge on any atom is 0.138 e. The number of nitrogens with one attached hydrogen (secondary N) is 1. The molecule has 0 fully saturated rings. The Labute approximate surface area is 124 Å². The van der Waals surface area contributed by atoms with Crippen LogP contribution in [0.15, 0.2) is 24.3 Å². The second-order valence-corrected chi connectivity index (χ2v) is 5.95. The molecule has 0 amide bonds. The van der Waals surface area contributed by atoms with Gasteiger partial charge in [0, 0.05) is 6.54 Å². The smallest absolute Gasteiger partial charge is 0.138 e. The Bertz CT molecular complexity index is 352. The van der Waals surface area contributed by atoms with Gasteiger partial charge >= 0.3 is 0 Å². The van der Waals surface area contributed by atoms with E-state index in [0.717, 1.165) is 24.5 Å². The van der Waals surface area contributed by atoms with E-state index in [1.165, 1.54) is 0 Å². The first-order chi connectivity index (χ1) is 9.24. The summed E-state index contributed by atoms with van der Waals surface area (Å²) in [7, 11) is 0. The van der Waals surface area contributed by atoms with Gasteiger partial charge in [-0.3, -0.25) is 0 Å². The van der Waals surface area contributed by atoms with Crippen LogP contribution in [0.1, 0.15) is 13.3 Å². The quantitative estimate of drug-likeness (QED) is 0.652. The maximum atomic E-state index is 9.77. The topological polar surface area (TPSA) is 41.5 Å². The number of rotatable bonds is 10. The van der Waals surface area contributed by atoms with Crippen molar-refractivity contribution >= 4 is 23.4 Å². The molecule has 1 aromatic rings. The second-order valence-electron chi connectivity index (χ2n) is 4.15. The van der Waals surface area contributed by atoms with Gasteiger partial charge in [0.25, 0.3) is 0 Å². The Balaban J connectivity index is 2.08. The first kappa shape index (κ1) is 16.6. The zero-order valence-corrected chi connectivity index (χ0v) is 12.8. The highest BCUT2D eigenvalue weighted by atomic mass is 35.5. The molecule has 0 bridgehead atoms. The minimum atomic E-state index is -0.518. The van der Waals surface area contributed by atoms with Gasteiger partial charge in [0.15, 0.2) is 0 Å². The predicted octanol–water partition coefficient (Wildman–Crippen LogP) is 2.81. The highest BCUT2D eigenvalue weighted by molar-refractivity contribution is 7.99. The number of benzene rings is 1. The summed E-state index contributed by atoms with van der Waals surface area (Å²) in [6, 6.07) is 7.27. The molecular formula is C14H22ClNO2S. The zero-order valence-electron chi connectivity index (χ0n) is 11.3. The predicted molar refractivity (Wildman–Crippen MR) is 83.4 cm³/mol. The minimum Gasteiger partial charge on any atom is -0.489 e. The van der Waals surface area contributed by atoms with E-state index in [0.29, 0.717) is 17.3 Å². The molecule has 0 spiro atoms. The third-order valence-electron chi connectivity index (χ3n) is 2.49. The van der Waals surface area contributed by atoms with E-state index < -0.39 is 6.10 Å². The zero-order chi connectivity index (χ0) is 13.9. The van der Waals surface area contributed by atoms with E-state index >= 15 is 0 Å². The van der Waals surface area contributed by atoms with Crippen molar-refractivity contribution in [2.24, 2.45) is 0 Å². The SMILES string of the molecule is CCSCCCNC[C@@H](O)COc1ccccc1Cl. The van der Waals surface area contributed by atoms with Crippen molar-refractivity contribution in [2.75, 3.05) is 31.2 Å². The van der Waals surface area contributed by atoms with E-state index in [9.17, 15) is 5.11 Å². The van der Waals surface area contributed by atoms with Crippen LogP contribution in [0.4, 0.5) is 0 Å². The molecule has 1 atom stereocenters. The molecule has 2 N–H and O–H groups in total. The average molecular weight is 304 g/mol. The summed E-state index contributed by atoms with van der Waals surface area (Å²) in [5.74, 6) is 2.94. The third kappa shape index (κ3) is 7.67. The summed E-state index contributed by atoms with van der Waals surface area (Å²) in [5.41, 5.74) is 0. The molecule has 0 aliphatic heterocycles. The molecule has 3 nitrogen and oxygen atoms in total. The van der Waals surface area contributed by atoms with Crippen molar-refractivity contribution in [3.8, 4) is 5.75 Å². The van der Waals surface area contributed by atoms with Gasteiger partial charge in [0.1, 0.15) is 18.5 Å². The number of thioether (sulfide) groups is 1. The molecule has 0 aromatic heterocycles. The van der Waals surface area contributed by atoms with Crippen molar-refractivity contribution in [1.29, 1.82) is 0 Å². The summed E-state index contributed by atoms with van der Waals surface area (Å²) in [6.07, 6.45) is 0.603. The summed E-state index contributed by atoms with van der Waals surface area (Å²) < 4.78 is 5.47. The number of para-hydroxylation sites is 1. The number of hydrogen-bond acceptors (Lipinski definition) is 4. The number of halogens is 1. The van der Waals surface area contributed by atoms with Gasteiger partial charge in [-0.2, -0.15) is 11.8 Å². The Morgan fingerprint density at radius 2 is 2.21 bits per heavy atom. The van der Waals surface area contributed by atoms with Crippen LogP contribution in [0.5, 0.6) is 5.75 Å². The van der Waals surface area contributed by atoms with Crippen molar-refractivity contribution in [3.05, 3.63) is 29.3 Å². The van der Waals surface area contributed by atoms with Gasteiger partial charge in [0.05, 0.1) is 5.02 Å². The second kappa shape index (κ2) is 10.4. The lowest BCUT2D eigenvalue weighted by Gasteiger charge is -2.13. The normalized spacial score (nSPS) is 12.4. The molecule has 0 saturated heterocycles. The Hall–Kier alpha value is -0.420. The largest absolute Gasteiger partial charge is 0.489 e. The highest BCUT2D eigenvalue weighted by Crippen LogP contribution is 2.22. The third-order valence-corrected chi connectivity index (χ3v) is 3.79. The fraction of sp³-hybridized carbons (Fsp3) is 0.571. The monoisotopic (exact) mass is 303 g/mol. The first-order valence-corrected chi connectivity index (χ1v) is 8.11. The molecule has 108 valence electrons. The number of ether oxygens (including phenoxy) is 1. The molecule has 1 rings (SSSR count). The minimum absolute atomic E-state index is 0.250. The van der Waals surface area contributed by atoms with Gasteiger partial charge in [-0.1, -0.05) is 30.7 Å². The Morgan fingerprint density at radius 1 is 1.42 bits per heavy atom. The van der Waals surface area contributed by atoms with Gasteiger partial charge in [-0.05, 0) is 36.6 Å². The van der Waals surface area contributed by atoms with Crippen LogP contribution in [0.3, 0.4) is 0 Å². The lowest BCUT2D eigenvalue weighted by Crippen LogP contribution is -2.32. The number of hydrogen-bond donors (Lipinski definition) is 2. The van der Waals surface area contributed by atoms with E-state index in [1.54, 1.807) is 12.1 Å². The number of aliphatic hydroxyl groups excluding tert-OH is 1. The lowest BCUT2D eigenvalue weighted by atomic mass is 10.3. The van der Waals surface area contributed by atoms with Gasteiger partial charge < -0.3 is 15.2 Å². The van der Waals surface area contributed by atoms with Gasteiger partial charge in [0.2, 0.25) is 0 Å². The molecule has 0 aliphatic carbocycles.